The van der Waals surface area contributed by atoms with Gasteiger partial charge in [-0.3, -0.25) is 13.7 Å². The van der Waals surface area contributed by atoms with Crippen molar-refractivity contribution in [3.63, 3.8) is 0 Å². The van der Waals surface area contributed by atoms with Gasteiger partial charge in [0, 0.05) is 44.6 Å². The number of rotatable bonds is 21. The Kier molecular flexibility index (Phi) is 20.1. The molecule has 14 N–H and O–H groups in total. The van der Waals surface area contributed by atoms with E-state index in [1.807, 2.05) is 13.8 Å². The molecule has 6 aliphatic rings. The lowest BCUT2D eigenvalue weighted by Gasteiger charge is -2.48. The highest BCUT2D eigenvalue weighted by molar-refractivity contribution is 7.53. The van der Waals surface area contributed by atoms with Gasteiger partial charge in [0.2, 0.25) is 0 Å². The van der Waals surface area contributed by atoms with E-state index < -0.39 is 165 Å². The Morgan fingerprint density at radius 3 is 1.53 bits per heavy atom. The van der Waals surface area contributed by atoms with Crippen LogP contribution in [0.2, 0.25) is 0 Å². The second-order valence-corrected chi connectivity index (χ2v) is 23.4. The lowest BCUT2D eigenvalue weighted by molar-refractivity contribution is -0.316. The summed E-state index contributed by atoms with van der Waals surface area (Å²) in [6.07, 6.45) is -18.7. The Balaban J connectivity index is 0.996. The van der Waals surface area contributed by atoms with Crippen LogP contribution in [0.5, 0.6) is 0 Å². The molecule has 30 heteroatoms. The summed E-state index contributed by atoms with van der Waals surface area (Å²) in [7, 11) is -14.1. The summed E-state index contributed by atoms with van der Waals surface area (Å²) in [6.45, 7) is 6.44. The molecule has 5 heterocycles. The third kappa shape index (κ3) is 14.7. The van der Waals surface area contributed by atoms with Gasteiger partial charge in [0.15, 0.2) is 12.6 Å². The van der Waals surface area contributed by atoms with Crippen LogP contribution in [0.25, 0.3) is 0 Å². The van der Waals surface area contributed by atoms with E-state index in [1.54, 1.807) is 13.8 Å². The van der Waals surface area contributed by atoms with Crippen LogP contribution in [0, 0.1) is 0 Å². The molecule has 6 rings (SSSR count). The van der Waals surface area contributed by atoms with Gasteiger partial charge in [0.05, 0.1) is 86.8 Å². The second kappa shape index (κ2) is 23.9. The molecule has 5 saturated heterocycles. The number of nitrogens with two attached hydrogens (primary N) is 5. The van der Waals surface area contributed by atoms with Gasteiger partial charge >= 0.3 is 7.60 Å². The molecule has 0 aromatic carbocycles. The fraction of sp³-hybridized carbons (Fsp3) is 1.00. The molecule has 398 valence electrons. The molecule has 17 unspecified atom stereocenters. The van der Waals surface area contributed by atoms with E-state index in [1.165, 1.54) is 6.66 Å². The first-order valence-electron chi connectivity index (χ1n) is 23.0. The Morgan fingerprint density at radius 2 is 1.01 bits per heavy atom. The average molecular weight is 1040 g/mol. The molecule has 0 radical (unpaired) electrons. The molecule has 0 amide bonds. The highest BCUT2D eigenvalue weighted by atomic mass is 31.2. The van der Waals surface area contributed by atoms with Crippen molar-refractivity contribution in [1.82, 2.24) is 0 Å². The Labute approximate surface area is 395 Å². The monoisotopic (exact) mass is 1040 g/mol. The third-order valence-corrected chi connectivity index (χ3v) is 16.2. The van der Waals surface area contributed by atoms with Crippen LogP contribution in [0.15, 0.2) is 0 Å². The molecule has 68 heavy (non-hydrogen) atoms. The van der Waals surface area contributed by atoms with Gasteiger partial charge in [-0.1, -0.05) is 6.92 Å². The van der Waals surface area contributed by atoms with Gasteiger partial charge in [-0.15, -0.1) is 0 Å². The summed E-state index contributed by atoms with van der Waals surface area (Å²) in [5, 5.41) is 43.5. The van der Waals surface area contributed by atoms with Gasteiger partial charge < -0.3 is 119 Å². The maximum absolute atomic E-state index is 13.2. The molecule has 1 aliphatic carbocycles. The minimum absolute atomic E-state index is 0.0340. The average Bonchev–Trinajstić information content (AvgIpc) is 3.91. The lowest BCUT2D eigenvalue weighted by atomic mass is 9.84. The highest BCUT2D eigenvalue weighted by Gasteiger charge is 2.51. The first-order chi connectivity index (χ1) is 31.8. The maximum Gasteiger partial charge on any atom is 0.328 e. The van der Waals surface area contributed by atoms with Crippen LogP contribution < -0.4 is 38.5 Å². The summed E-state index contributed by atoms with van der Waals surface area (Å²) in [5.74, 6) is 0. The van der Waals surface area contributed by atoms with E-state index in [9.17, 15) is 43.9 Å². The first-order valence-corrected chi connectivity index (χ1v) is 27.9. The summed E-state index contributed by atoms with van der Waals surface area (Å²) in [5.41, 5.74) is 30.6. The number of hydrogen-bond acceptors (Lipinski definition) is 27. The van der Waals surface area contributed by atoms with Crippen LogP contribution in [0.1, 0.15) is 66.2 Å². The fourth-order valence-electron chi connectivity index (χ4n) is 9.37. The predicted molar refractivity (Wildman–Crippen MR) is 230 cm³/mol. The fourth-order valence-corrected chi connectivity index (χ4v) is 12.4. The quantitative estimate of drug-likeness (QED) is 0.0506. The van der Waals surface area contributed by atoms with E-state index >= 15 is 0 Å². The topological polar surface area (TPSA) is 428 Å². The van der Waals surface area contributed by atoms with Crippen molar-refractivity contribution in [2.75, 3.05) is 33.0 Å². The molecule has 0 bridgehead atoms. The van der Waals surface area contributed by atoms with Crippen LogP contribution in [-0.4, -0.2) is 194 Å². The number of hydrogen-bond donors (Lipinski definition) is 9. The predicted octanol–water partition coefficient (Wildman–Crippen LogP) is -3.38. The molecule has 0 spiro atoms. The zero-order valence-electron chi connectivity index (χ0n) is 38.7. The zero-order valence-corrected chi connectivity index (χ0v) is 41.4. The molecule has 0 aromatic heterocycles. The van der Waals surface area contributed by atoms with E-state index in [0.29, 0.717) is 12.8 Å². The standard InChI is InChI=1S/C38H74N5O22P3/c1-6-23-24(7-16(2)56-23)63-66(5,48)53-13-28-25(8-17(3)57-28)64-67(49,50)54-14-29-26(9-18(4)58-29)65-68(51,52)55-15-30-32(45)31(43)33(46)38(60-30)62-36-20(41)10-19(40)35(34(36)47)61-37-21(42)11-22(44)27(12-39)59-37/h16-38,44-47H,6-15,39-43H2,1-5H3,(H,49,50)(H,51,52)/p-2/t16-,17-,18-,19?,20?,21?,22?,23+,24-,25-,26-,27?,28+,29+,30?,31?,32?,33?,34?,35?,36?,37?,38?,66?/m0/s1. The molecule has 27 nitrogen and oxygen atoms in total. The van der Waals surface area contributed by atoms with Crippen LogP contribution >= 0.6 is 23.2 Å². The number of ether oxygens (including phenoxy) is 7. The van der Waals surface area contributed by atoms with Crippen molar-refractivity contribution in [2.45, 2.75) is 207 Å². The largest absolute Gasteiger partial charge is 0.756 e. The molecule has 26 atom stereocenters. The van der Waals surface area contributed by atoms with Gasteiger partial charge in [0.25, 0.3) is 15.6 Å². The van der Waals surface area contributed by atoms with Crippen molar-refractivity contribution in [3.05, 3.63) is 0 Å². The Morgan fingerprint density at radius 1 is 0.559 bits per heavy atom. The summed E-state index contributed by atoms with van der Waals surface area (Å²) >= 11 is 0. The van der Waals surface area contributed by atoms with Gasteiger partial charge in [-0.25, -0.2) is 0 Å². The van der Waals surface area contributed by atoms with E-state index in [4.69, 9.17) is 89.0 Å². The molecular weight excluding hydrogens is 971 g/mol. The van der Waals surface area contributed by atoms with Crippen molar-refractivity contribution in [3.8, 4) is 0 Å². The molecule has 0 aromatic rings. The maximum atomic E-state index is 13.2. The molecular formula is C38H72N5O22P3-2. The molecule has 5 aliphatic heterocycles. The minimum Gasteiger partial charge on any atom is -0.756 e. The van der Waals surface area contributed by atoms with Crippen molar-refractivity contribution >= 4 is 23.2 Å². The summed E-state index contributed by atoms with van der Waals surface area (Å²) in [6, 6.07) is -4.09. The summed E-state index contributed by atoms with van der Waals surface area (Å²) in [4.78, 5) is 26.3. The third-order valence-electron chi connectivity index (χ3n) is 12.9. The van der Waals surface area contributed by atoms with Crippen LogP contribution in [-0.2, 0) is 74.0 Å². The SMILES string of the molecule is CC[C@H]1O[C@@H](C)C[C@@H]1OP(C)(=O)OC[C@H]1O[C@@H](C)C[C@@H]1OP(=O)([O-])OC[C@H]1O[C@@H](C)C[C@@H]1OP(=O)([O-])OCC1OC(OC2C(N)CC(N)C(OC3OC(CN)C(O)CC3N)C2O)C(O)C(N)C1O. The van der Waals surface area contributed by atoms with E-state index in [2.05, 4.69) is 0 Å². The van der Waals surface area contributed by atoms with Gasteiger partial charge in [-0.2, -0.15) is 0 Å². The Hall–Kier alpha value is -0.270. The number of phosphoric ester groups is 2. The van der Waals surface area contributed by atoms with Gasteiger partial charge in [-0.05, 0) is 40.0 Å². The number of aliphatic hydroxyl groups excluding tert-OH is 4. The van der Waals surface area contributed by atoms with Crippen LogP contribution in [0.3, 0.4) is 0 Å². The van der Waals surface area contributed by atoms with Gasteiger partial charge in [0.1, 0.15) is 48.8 Å². The lowest BCUT2D eigenvalue weighted by Crippen LogP contribution is -2.68. The van der Waals surface area contributed by atoms with Crippen molar-refractivity contribution in [2.24, 2.45) is 28.7 Å². The molecule has 6 fully saturated rings. The van der Waals surface area contributed by atoms with Crippen LogP contribution in [0.4, 0.5) is 0 Å². The molecule has 1 saturated carbocycles. The zero-order chi connectivity index (χ0) is 50.0. The minimum atomic E-state index is -5.31. The number of aliphatic hydroxyl groups is 4. The highest BCUT2D eigenvalue weighted by Crippen LogP contribution is 2.50. The second-order valence-electron chi connectivity index (χ2n) is 18.7. The van der Waals surface area contributed by atoms with E-state index in [0.717, 1.165) is 0 Å². The smallest absolute Gasteiger partial charge is 0.328 e. The van der Waals surface area contributed by atoms with Crippen molar-refractivity contribution < 1.29 is 104 Å². The number of phosphoric acid groups is 2. The Bertz CT molecular complexity index is 1770. The first kappa shape index (κ1) is 57.0. The summed E-state index contributed by atoms with van der Waals surface area (Å²) < 4.78 is 113. The van der Waals surface area contributed by atoms with E-state index in [-0.39, 0.29) is 51.0 Å². The van der Waals surface area contributed by atoms with Crippen molar-refractivity contribution in [1.29, 1.82) is 0 Å². The normalized spacial score (nSPS) is 47.4.